The monoisotopic (exact) mass is 336 g/mol. The number of carbonyl (C=O) groups is 1. The molecule has 6 nitrogen and oxygen atoms in total. The molecular formula is C16H20N2O4S. The van der Waals surface area contributed by atoms with Gasteiger partial charge in [0.05, 0.1) is 24.8 Å². The molecule has 0 saturated carbocycles. The van der Waals surface area contributed by atoms with Crippen LogP contribution < -0.4 is 9.62 Å². The first-order valence-corrected chi connectivity index (χ1v) is 8.96. The van der Waals surface area contributed by atoms with Gasteiger partial charge in [-0.1, -0.05) is 6.07 Å². The van der Waals surface area contributed by atoms with Crippen LogP contribution in [0, 0.1) is 13.8 Å². The van der Waals surface area contributed by atoms with Crippen molar-refractivity contribution in [2.24, 2.45) is 0 Å². The molecule has 23 heavy (non-hydrogen) atoms. The molecule has 0 spiro atoms. The molecule has 1 amide bonds. The highest BCUT2D eigenvalue weighted by atomic mass is 32.2. The molecule has 0 fully saturated rings. The molecule has 0 aliphatic rings. The summed E-state index contributed by atoms with van der Waals surface area (Å²) in [5.41, 5.74) is 2.50. The Hall–Kier alpha value is -2.28. The molecule has 2 rings (SSSR count). The fourth-order valence-electron chi connectivity index (χ4n) is 2.07. The van der Waals surface area contributed by atoms with Gasteiger partial charge in [0.1, 0.15) is 12.3 Å². The number of nitrogens with one attached hydrogen (secondary N) is 1. The van der Waals surface area contributed by atoms with Crippen LogP contribution in [0.15, 0.2) is 41.0 Å². The lowest BCUT2D eigenvalue weighted by Gasteiger charge is -2.22. The molecule has 0 aliphatic heterocycles. The van der Waals surface area contributed by atoms with E-state index in [-0.39, 0.29) is 13.1 Å². The minimum absolute atomic E-state index is 0.219. The van der Waals surface area contributed by atoms with E-state index in [2.05, 4.69) is 5.32 Å². The van der Waals surface area contributed by atoms with E-state index in [4.69, 9.17) is 4.42 Å². The second kappa shape index (κ2) is 6.87. The summed E-state index contributed by atoms with van der Waals surface area (Å²) in [4.78, 5) is 12.1. The van der Waals surface area contributed by atoms with E-state index in [0.717, 1.165) is 21.7 Å². The molecular weight excluding hydrogens is 316 g/mol. The number of sulfonamides is 1. The maximum atomic E-state index is 12.1. The average Bonchev–Trinajstić information content (AvgIpc) is 2.98. The number of benzene rings is 1. The van der Waals surface area contributed by atoms with Crippen molar-refractivity contribution in [1.29, 1.82) is 0 Å². The Balaban J connectivity index is 2.12. The van der Waals surface area contributed by atoms with Crippen LogP contribution in [0.3, 0.4) is 0 Å². The standard InChI is InChI=1S/C16H20N2O4S/c1-12-6-7-14(9-13(12)2)18(23(3,20)21)11-16(19)17-10-15-5-4-8-22-15/h4-9H,10-11H2,1-3H3,(H,17,19). The average molecular weight is 336 g/mol. The van der Waals surface area contributed by atoms with Crippen molar-refractivity contribution in [3.63, 3.8) is 0 Å². The Labute approximate surface area is 136 Å². The molecule has 7 heteroatoms. The molecule has 124 valence electrons. The normalized spacial score (nSPS) is 11.3. The van der Waals surface area contributed by atoms with Crippen LogP contribution in [0.25, 0.3) is 0 Å². The van der Waals surface area contributed by atoms with Crippen molar-refractivity contribution in [1.82, 2.24) is 5.32 Å². The number of hydrogen-bond acceptors (Lipinski definition) is 4. The van der Waals surface area contributed by atoms with Crippen LogP contribution in [0.5, 0.6) is 0 Å². The van der Waals surface area contributed by atoms with Gasteiger partial charge >= 0.3 is 0 Å². The molecule has 1 aromatic heterocycles. The van der Waals surface area contributed by atoms with Crippen molar-refractivity contribution in [2.75, 3.05) is 17.1 Å². The van der Waals surface area contributed by atoms with Crippen molar-refractivity contribution in [2.45, 2.75) is 20.4 Å². The molecule has 0 radical (unpaired) electrons. The third-order valence-electron chi connectivity index (χ3n) is 3.51. The van der Waals surface area contributed by atoms with Crippen LogP contribution in [-0.4, -0.2) is 27.1 Å². The summed E-state index contributed by atoms with van der Waals surface area (Å²) in [6.45, 7) is 3.79. The molecule has 0 unspecified atom stereocenters. The minimum Gasteiger partial charge on any atom is -0.467 e. The van der Waals surface area contributed by atoms with Gasteiger partial charge in [-0.05, 0) is 49.2 Å². The predicted octanol–water partition coefficient (Wildman–Crippen LogP) is 1.98. The van der Waals surface area contributed by atoms with Gasteiger partial charge < -0.3 is 9.73 Å². The lowest BCUT2D eigenvalue weighted by Crippen LogP contribution is -2.40. The fourth-order valence-corrected chi connectivity index (χ4v) is 2.91. The largest absolute Gasteiger partial charge is 0.467 e. The van der Waals surface area contributed by atoms with E-state index < -0.39 is 15.9 Å². The van der Waals surface area contributed by atoms with Gasteiger partial charge in [0.2, 0.25) is 15.9 Å². The zero-order valence-electron chi connectivity index (χ0n) is 13.4. The molecule has 1 N–H and O–H groups in total. The summed E-state index contributed by atoms with van der Waals surface area (Å²) < 4.78 is 30.3. The molecule has 2 aromatic rings. The fraction of sp³-hybridized carbons (Fsp3) is 0.312. The van der Waals surface area contributed by atoms with Gasteiger partial charge in [-0.25, -0.2) is 8.42 Å². The number of amides is 1. The van der Waals surface area contributed by atoms with E-state index in [1.165, 1.54) is 6.26 Å². The third-order valence-corrected chi connectivity index (χ3v) is 4.65. The van der Waals surface area contributed by atoms with Gasteiger partial charge in [0.25, 0.3) is 0 Å². The lowest BCUT2D eigenvalue weighted by atomic mass is 10.1. The zero-order valence-corrected chi connectivity index (χ0v) is 14.2. The Kier molecular flexibility index (Phi) is 5.10. The molecule has 1 aromatic carbocycles. The molecule has 1 heterocycles. The number of aryl methyl sites for hydroxylation is 2. The SMILES string of the molecule is Cc1ccc(N(CC(=O)NCc2ccco2)S(C)(=O)=O)cc1C. The van der Waals surface area contributed by atoms with E-state index in [1.54, 1.807) is 24.3 Å². The summed E-state index contributed by atoms with van der Waals surface area (Å²) in [5, 5.41) is 2.64. The Morgan fingerprint density at radius 2 is 1.96 bits per heavy atom. The van der Waals surface area contributed by atoms with Crippen molar-refractivity contribution in [3.05, 3.63) is 53.5 Å². The maximum absolute atomic E-state index is 12.1. The highest BCUT2D eigenvalue weighted by molar-refractivity contribution is 7.92. The first-order valence-electron chi connectivity index (χ1n) is 7.11. The topological polar surface area (TPSA) is 79.6 Å². The Bertz CT molecular complexity index is 782. The summed E-state index contributed by atoms with van der Waals surface area (Å²) in [6.07, 6.45) is 2.60. The first-order chi connectivity index (χ1) is 10.8. The number of furan rings is 1. The lowest BCUT2D eigenvalue weighted by molar-refractivity contribution is -0.119. The second-order valence-corrected chi connectivity index (χ2v) is 7.30. The van der Waals surface area contributed by atoms with Crippen LogP contribution in [0.1, 0.15) is 16.9 Å². The highest BCUT2D eigenvalue weighted by Crippen LogP contribution is 2.21. The van der Waals surface area contributed by atoms with Crippen LogP contribution in [0.2, 0.25) is 0 Å². The smallest absolute Gasteiger partial charge is 0.241 e. The second-order valence-electron chi connectivity index (χ2n) is 5.39. The van der Waals surface area contributed by atoms with Gasteiger partial charge in [0, 0.05) is 0 Å². The third kappa shape index (κ3) is 4.59. The predicted molar refractivity (Wildman–Crippen MR) is 88.7 cm³/mol. The van der Waals surface area contributed by atoms with Crippen molar-refractivity contribution in [3.8, 4) is 0 Å². The minimum atomic E-state index is -3.57. The number of hydrogen-bond donors (Lipinski definition) is 1. The van der Waals surface area contributed by atoms with Crippen LogP contribution >= 0.6 is 0 Å². The molecule has 0 aliphatic carbocycles. The van der Waals surface area contributed by atoms with Gasteiger partial charge in [-0.2, -0.15) is 0 Å². The van der Waals surface area contributed by atoms with E-state index >= 15 is 0 Å². The maximum Gasteiger partial charge on any atom is 0.241 e. The molecule has 0 bridgehead atoms. The number of carbonyl (C=O) groups excluding carboxylic acids is 1. The summed E-state index contributed by atoms with van der Waals surface area (Å²) in [6, 6.07) is 8.75. The number of nitrogens with zero attached hydrogens (tertiary/aromatic N) is 1. The Morgan fingerprint density at radius 3 is 2.52 bits per heavy atom. The summed E-state index contributed by atoms with van der Waals surface area (Å²) in [7, 11) is -3.57. The van der Waals surface area contributed by atoms with Crippen molar-refractivity contribution >= 4 is 21.6 Å². The van der Waals surface area contributed by atoms with Gasteiger partial charge in [-0.15, -0.1) is 0 Å². The quantitative estimate of drug-likeness (QED) is 0.875. The summed E-state index contributed by atoms with van der Waals surface area (Å²) in [5.74, 6) is 0.209. The van der Waals surface area contributed by atoms with E-state index in [1.807, 2.05) is 19.9 Å². The molecule has 0 saturated heterocycles. The van der Waals surface area contributed by atoms with Crippen LogP contribution in [-0.2, 0) is 21.4 Å². The van der Waals surface area contributed by atoms with Gasteiger partial charge in [-0.3, -0.25) is 9.10 Å². The Morgan fingerprint density at radius 1 is 1.22 bits per heavy atom. The molecule has 0 atom stereocenters. The number of rotatable bonds is 6. The van der Waals surface area contributed by atoms with Gasteiger partial charge in [0.15, 0.2) is 0 Å². The zero-order chi connectivity index (χ0) is 17.0. The van der Waals surface area contributed by atoms with Crippen LogP contribution in [0.4, 0.5) is 5.69 Å². The highest BCUT2D eigenvalue weighted by Gasteiger charge is 2.21. The van der Waals surface area contributed by atoms with E-state index in [9.17, 15) is 13.2 Å². The van der Waals surface area contributed by atoms with Crippen molar-refractivity contribution < 1.29 is 17.6 Å². The number of anilines is 1. The first kappa shape index (κ1) is 17.1. The van der Waals surface area contributed by atoms with E-state index in [0.29, 0.717) is 11.4 Å². The summed E-state index contributed by atoms with van der Waals surface area (Å²) >= 11 is 0.